The van der Waals surface area contributed by atoms with Crippen molar-refractivity contribution in [2.75, 3.05) is 12.4 Å². The van der Waals surface area contributed by atoms with Crippen LogP contribution >= 0.6 is 0 Å². The number of anilines is 1. The molecule has 1 N–H and O–H groups in total. The Bertz CT molecular complexity index is 1330. The van der Waals surface area contributed by atoms with Crippen LogP contribution in [0.4, 0.5) is 23.7 Å². The monoisotopic (exact) mass is 529 g/mol. The number of cyclic esters (lactones) is 1. The molecular formula is C25H22F3N5O5. The molecule has 198 valence electrons. The molecule has 2 aromatic carbocycles. The molecular weight excluding hydrogens is 507 g/mol. The predicted molar refractivity (Wildman–Crippen MR) is 129 cm³/mol. The zero-order chi connectivity index (χ0) is 27.3. The van der Waals surface area contributed by atoms with E-state index in [1.165, 1.54) is 31.6 Å². The van der Waals surface area contributed by atoms with Gasteiger partial charge >= 0.3 is 12.5 Å². The Morgan fingerprint density at radius 1 is 1.11 bits per heavy atom. The van der Waals surface area contributed by atoms with E-state index in [4.69, 9.17) is 9.47 Å². The number of benzene rings is 2. The van der Waals surface area contributed by atoms with Crippen LogP contribution in [-0.4, -0.2) is 52.3 Å². The van der Waals surface area contributed by atoms with Crippen molar-refractivity contribution in [1.29, 1.82) is 0 Å². The summed E-state index contributed by atoms with van der Waals surface area (Å²) in [6, 6.07) is 12.2. The molecule has 0 bridgehead atoms. The molecule has 0 spiro atoms. The number of hydrazone groups is 1. The zero-order valence-corrected chi connectivity index (χ0v) is 20.2. The average molecular weight is 529 g/mol. The van der Waals surface area contributed by atoms with Gasteiger partial charge in [0.05, 0.1) is 13.7 Å². The fourth-order valence-corrected chi connectivity index (χ4v) is 3.60. The lowest BCUT2D eigenvalue weighted by Gasteiger charge is -2.29. The molecule has 0 radical (unpaired) electrons. The van der Waals surface area contributed by atoms with Crippen LogP contribution in [0.25, 0.3) is 0 Å². The minimum Gasteiger partial charge on any atom is -0.493 e. The normalized spacial score (nSPS) is 15.4. The molecule has 0 saturated heterocycles. The van der Waals surface area contributed by atoms with Crippen LogP contribution in [0.2, 0.25) is 0 Å². The molecule has 2 amide bonds. The third-order valence-electron chi connectivity index (χ3n) is 5.36. The number of amides is 2. The first-order valence-corrected chi connectivity index (χ1v) is 11.3. The Kier molecular flexibility index (Phi) is 7.74. The Morgan fingerprint density at radius 2 is 1.82 bits per heavy atom. The quantitative estimate of drug-likeness (QED) is 0.447. The molecule has 2 heterocycles. The minimum atomic E-state index is -4.93. The maximum atomic E-state index is 12.9. The molecule has 13 heteroatoms. The Hall–Kier alpha value is -4.68. The third kappa shape index (κ3) is 6.35. The van der Waals surface area contributed by atoms with Crippen LogP contribution < -0.4 is 14.8 Å². The lowest BCUT2D eigenvalue weighted by molar-refractivity contribution is -0.275. The number of rotatable bonds is 8. The van der Waals surface area contributed by atoms with Gasteiger partial charge in [-0.15, -0.1) is 13.2 Å². The molecule has 0 saturated carbocycles. The fraction of sp³-hybridized carbons (Fsp3) is 0.240. The van der Waals surface area contributed by atoms with Crippen LogP contribution in [0, 0.1) is 0 Å². The summed E-state index contributed by atoms with van der Waals surface area (Å²) >= 11 is 0. The van der Waals surface area contributed by atoms with E-state index in [2.05, 4.69) is 25.1 Å². The molecule has 0 aliphatic carbocycles. The lowest BCUT2D eigenvalue weighted by Crippen LogP contribution is -2.41. The number of hydrogen-bond acceptors (Lipinski definition) is 8. The number of nitrogens with zero attached hydrogens (tertiary/aromatic N) is 4. The van der Waals surface area contributed by atoms with Gasteiger partial charge in [-0.25, -0.2) is 14.8 Å². The van der Waals surface area contributed by atoms with Gasteiger partial charge in [-0.1, -0.05) is 19.1 Å². The second-order valence-corrected chi connectivity index (χ2v) is 7.96. The van der Waals surface area contributed by atoms with E-state index in [9.17, 15) is 22.8 Å². The first-order valence-electron chi connectivity index (χ1n) is 11.3. The molecule has 1 aliphatic heterocycles. The van der Waals surface area contributed by atoms with E-state index >= 15 is 0 Å². The van der Waals surface area contributed by atoms with E-state index in [1.807, 2.05) is 0 Å². The van der Waals surface area contributed by atoms with E-state index in [-0.39, 0.29) is 29.4 Å². The summed E-state index contributed by atoms with van der Waals surface area (Å²) in [4.78, 5) is 32.6. The van der Waals surface area contributed by atoms with Gasteiger partial charge in [-0.3, -0.25) is 4.79 Å². The number of methoxy groups -OCH3 is 1. The van der Waals surface area contributed by atoms with Gasteiger partial charge in [0.2, 0.25) is 5.82 Å². The van der Waals surface area contributed by atoms with Crippen molar-refractivity contribution >= 4 is 23.4 Å². The van der Waals surface area contributed by atoms with Crippen molar-refractivity contribution in [1.82, 2.24) is 15.0 Å². The first-order chi connectivity index (χ1) is 18.2. The van der Waals surface area contributed by atoms with Crippen LogP contribution in [-0.2, 0) is 11.3 Å². The number of aromatic nitrogens is 2. The topological polar surface area (TPSA) is 115 Å². The number of ether oxygens (including phenoxy) is 3. The number of carbonyl (C=O) groups is 2. The Balaban J connectivity index is 1.54. The maximum Gasteiger partial charge on any atom is 0.573 e. The highest BCUT2D eigenvalue weighted by Gasteiger charge is 2.34. The predicted octanol–water partition coefficient (Wildman–Crippen LogP) is 4.77. The molecule has 1 atom stereocenters. The largest absolute Gasteiger partial charge is 0.573 e. The van der Waals surface area contributed by atoms with Gasteiger partial charge < -0.3 is 19.5 Å². The number of alkyl halides is 3. The van der Waals surface area contributed by atoms with E-state index < -0.39 is 30.2 Å². The highest BCUT2D eigenvalue weighted by Crippen LogP contribution is 2.34. The van der Waals surface area contributed by atoms with Crippen LogP contribution in [0.3, 0.4) is 0 Å². The van der Waals surface area contributed by atoms with Gasteiger partial charge in [0.1, 0.15) is 11.8 Å². The number of halogens is 3. The molecule has 38 heavy (non-hydrogen) atoms. The van der Waals surface area contributed by atoms with Crippen molar-refractivity contribution in [3.05, 3.63) is 77.9 Å². The van der Waals surface area contributed by atoms with Crippen LogP contribution in [0.5, 0.6) is 11.5 Å². The van der Waals surface area contributed by atoms with E-state index in [0.29, 0.717) is 17.7 Å². The average Bonchev–Trinajstić information content (AvgIpc) is 2.90. The molecule has 1 unspecified atom stereocenters. The molecule has 0 fully saturated rings. The van der Waals surface area contributed by atoms with E-state index in [0.717, 1.165) is 11.1 Å². The van der Waals surface area contributed by atoms with Gasteiger partial charge in [0.15, 0.2) is 11.5 Å². The Labute approximate surface area is 215 Å². The second-order valence-electron chi connectivity index (χ2n) is 7.96. The standard InChI is InChI=1S/C25H22F3N5O5/c1-3-18-21(16-7-10-19(36-2)20(13-16)38-25(26,27)28)32-33(24(35)37-18)14-15-5-8-17(9-6-15)31-23(34)22-29-11-4-12-30-22/h4-13,18H,3,14H2,1-2H3,(H,31,34). The van der Waals surface area contributed by atoms with Gasteiger partial charge in [-0.2, -0.15) is 10.1 Å². The van der Waals surface area contributed by atoms with Gasteiger partial charge in [0, 0.05) is 23.6 Å². The highest BCUT2D eigenvalue weighted by molar-refractivity contribution is 6.06. The summed E-state index contributed by atoms with van der Waals surface area (Å²) in [5, 5.41) is 8.14. The molecule has 4 rings (SSSR count). The maximum absolute atomic E-state index is 12.9. The molecule has 3 aromatic rings. The number of nitrogens with one attached hydrogen (secondary N) is 1. The summed E-state index contributed by atoms with van der Waals surface area (Å²) in [6.45, 7) is 1.77. The smallest absolute Gasteiger partial charge is 0.493 e. The van der Waals surface area contributed by atoms with E-state index in [1.54, 1.807) is 37.3 Å². The molecule has 1 aromatic heterocycles. The van der Waals surface area contributed by atoms with Crippen molar-refractivity contribution in [2.24, 2.45) is 5.10 Å². The second kappa shape index (κ2) is 11.2. The van der Waals surface area contributed by atoms with Crippen molar-refractivity contribution in [2.45, 2.75) is 32.4 Å². The van der Waals surface area contributed by atoms with Gasteiger partial charge in [0.25, 0.3) is 5.91 Å². The van der Waals surface area contributed by atoms with Crippen LogP contribution in [0.1, 0.15) is 35.1 Å². The summed E-state index contributed by atoms with van der Waals surface area (Å²) in [5.74, 6) is -1.12. The van der Waals surface area contributed by atoms with Crippen molar-refractivity contribution < 1.29 is 37.0 Å². The van der Waals surface area contributed by atoms with Gasteiger partial charge in [-0.05, 0) is 48.4 Å². The third-order valence-corrected chi connectivity index (χ3v) is 5.36. The summed E-state index contributed by atoms with van der Waals surface area (Å²) in [7, 11) is 1.22. The summed E-state index contributed by atoms with van der Waals surface area (Å²) in [5.41, 5.74) is 1.67. The molecule has 10 nitrogen and oxygen atoms in total. The summed E-state index contributed by atoms with van der Waals surface area (Å²) in [6.07, 6.45) is -3.15. The van der Waals surface area contributed by atoms with Crippen molar-refractivity contribution in [3.63, 3.8) is 0 Å². The SMILES string of the molecule is CCC1OC(=O)N(Cc2ccc(NC(=O)c3ncccn3)cc2)N=C1c1ccc(OC)c(OC(F)(F)F)c1. The Morgan fingerprint density at radius 3 is 2.45 bits per heavy atom. The highest BCUT2D eigenvalue weighted by atomic mass is 19.4. The number of hydrogen-bond donors (Lipinski definition) is 1. The van der Waals surface area contributed by atoms with Crippen LogP contribution in [0.15, 0.2) is 66.0 Å². The molecule has 1 aliphatic rings. The fourth-order valence-electron chi connectivity index (χ4n) is 3.60. The lowest BCUT2D eigenvalue weighted by atomic mass is 10.0. The first kappa shape index (κ1) is 26.4. The zero-order valence-electron chi connectivity index (χ0n) is 20.2. The van der Waals surface area contributed by atoms with Crippen molar-refractivity contribution in [3.8, 4) is 11.5 Å². The number of carbonyl (C=O) groups excluding carboxylic acids is 2. The minimum absolute atomic E-state index is 0.0108. The summed E-state index contributed by atoms with van der Waals surface area (Å²) < 4.78 is 53.3.